The molecule has 4 saturated carbocycles. The van der Waals surface area contributed by atoms with Gasteiger partial charge < -0.3 is 15.7 Å². The number of hydrogen-bond donors (Lipinski definition) is 3. The predicted molar refractivity (Wildman–Crippen MR) is 92.2 cm³/mol. The summed E-state index contributed by atoms with van der Waals surface area (Å²) in [6, 6.07) is 0.0820. The molecule has 24 heavy (non-hydrogen) atoms. The lowest BCUT2D eigenvalue weighted by atomic mass is 9.48. The fourth-order valence-corrected chi connectivity index (χ4v) is 5.82. The van der Waals surface area contributed by atoms with E-state index in [1.807, 2.05) is 0 Å². The molecule has 3 N–H and O–H groups in total. The van der Waals surface area contributed by atoms with Gasteiger partial charge in [-0.3, -0.25) is 9.59 Å². The maximum absolute atomic E-state index is 12.2. The van der Waals surface area contributed by atoms with Gasteiger partial charge in [0.05, 0.1) is 0 Å². The quantitative estimate of drug-likeness (QED) is 0.491. The lowest BCUT2D eigenvalue weighted by molar-refractivity contribution is -0.141. The van der Waals surface area contributed by atoms with Crippen molar-refractivity contribution < 1.29 is 14.7 Å². The van der Waals surface area contributed by atoms with Gasteiger partial charge in [-0.25, -0.2) is 0 Å². The fourth-order valence-electron chi connectivity index (χ4n) is 5.82. The molecule has 0 saturated heterocycles. The zero-order valence-corrected chi connectivity index (χ0v) is 14.9. The highest BCUT2D eigenvalue weighted by Crippen LogP contribution is 2.61. The molecule has 0 spiro atoms. The summed E-state index contributed by atoms with van der Waals surface area (Å²) in [6.45, 7) is 2.77. The average Bonchev–Trinajstić information content (AvgIpc) is 2.53. The van der Waals surface area contributed by atoms with Crippen molar-refractivity contribution in [1.82, 2.24) is 10.6 Å². The smallest absolute Gasteiger partial charge is 0.309 e. The summed E-state index contributed by atoms with van der Waals surface area (Å²) in [5.74, 6) is 1.53. The first-order valence-corrected chi connectivity index (χ1v) is 9.72. The number of rotatable bonds is 7. The Morgan fingerprint density at radius 2 is 1.58 bits per heavy atom. The first-order chi connectivity index (χ1) is 11.5. The topological polar surface area (TPSA) is 78.4 Å². The molecule has 0 aliphatic heterocycles. The summed E-state index contributed by atoms with van der Waals surface area (Å²) in [5, 5.41) is 14.4. The van der Waals surface area contributed by atoms with Crippen LogP contribution in [0, 0.1) is 23.2 Å². The van der Waals surface area contributed by atoms with Gasteiger partial charge in [0, 0.05) is 19.2 Å². The molecule has 0 radical (unpaired) electrons. The van der Waals surface area contributed by atoms with E-state index in [9.17, 15) is 9.59 Å². The van der Waals surface area contributed by atoms with Gasteiger partial charge in [0.15, 0.2) is 0 Å². The Morgan fingerprint density at radius 1 is 1.00 bits per heavy atom. The number of carbonyl (C=O) groups excluding carboxylic acids is 2. The molecule has 2 amide bonds. The normalized spacial score (nSPS) is 34.8. The van der Waals surface area contributed by atoms with Crippen molar-refractivity contribution in [2.75, 3.05) is 13.2 Å². The Labute approximate surface area is 145 Å². The Balaban J connectivity index is 1.47. The minimum Gasteiger partial charge on any atom is -0.396 e. The van der Waals surface area contributed by atoms with E-state index in [1.54, 1.807) is 0 Å². The molecule has 0 aromatic rings. The summed E-state index contributed by atoms with van der Waals surface area (Å²) in [5.41, 5.74) is 0.228. The molecule has 5 nitrogen and oxygen atoms in total. The van der Waals surface area contributed by atoms with E-state index in [-0.39, 0.29) is 18.1 Å². The SMILES string of the molecule is CC(NC(=O)C(=O)NCCCCCO)C12CC3CC(CC(C3)C1)C2. The van der Waals surface area contributed by atoms with Crippen molar-refractivity contribution in [2.24, 2.45) is 23.2 Å². The van der Waals surface area contributed by atoms with Crippen LogP contribution >= 0.6 is 0 Å². The van der Waals surface area contributed by atoms with Gasteiger partial charge in [-0.05, 0) is 87.9 Å². The van der Waals surface area contributed by atoms with Crippen LogP contribution in [0.1, 0.15) is 64.7 Å². The molecular formula is C19H32N2O3. The average molecular weight is 336 g/mol. The van der Waals surface area contributed by atoms with Crippen molar-refractivity contribution in [3.8, 4) is 0 Å². The van der Waals surface area contributed by atoms with Crippen LogP contribution in [0.3, 0.4) is 0 Å². The summed E-state index contributed by atoms with van der Waals surface area (Å²) < 4.78 is 0. The molecule has 4 rings (SSSR count). The fraction of sp³-hybridized carbons (Fsp3) is 0.895. The van der Waals surface area contributed by atoms with Crippen molar-refractivity contribution >= 4 is 11.8 Å². The predicted octanol–water partition coefficient (Wildman–Crippen LogP) is 1.99. The van der Waals surface area contributed by atoms with Gasteiger partial charge in [-0.1, -0.05) is 0 Å². The number of aliphatic hydroxyl groups is 1. The first-order valence-electron chi connectivity index (χ1n) is 9.72. The molecule has 1 atom stereocenters. The molecular weight excluding hydrogens is 304 g/mol. The summed E-state index contributed by atoms with van der Waals surface area (Å²) in [7, 11) is 0. The van der Waals surface area contributed by atoms with Crippen molar-refractivity contribution in [1.29, 1.82) is 0 Å². The molecule has 5 heteroatoms. The molecule has 4 aliphatic rings. The van der Waals surface area contributed by atoms with Crippen LogP contribution in [0.25, 0.3) is 0 Å². The zero-order chi connectivity index (χ0) is 17.2. The zero-order valence-electron chi connectivity index (χ0n) is 14.9. The van der Waals surface area contributed by atoms with E-state index >= 15 is 0 Å². The van der Waals surface area contributed by atoms with Crippen LogP contribution in [0.15, 0.2) is 0 Å². The second-order valence-corrected chi connectivity index (χ2v) is 8.52. The molecule has 0 heterocycles. The highest BCUT2D eigenvalue weighted by atomic mass is 16.3. The molecule has 136 valence electrons. The van der Waals surface area contributed by atoms with E-state index in [2.05, 4.69) is 17.6 Å². The third-order valence-electron chi connectivity index (χ3n) is 6.68. The van der Waals surface area contributed by atoms with E-state index in [1.165, 1.54) is 38.5 Å². The lowest BCUT2D eigenvalue weighted by Gasteiger charge is -2.59. The molecule has 4 fully saturated rings. The van der Waals surface area contributed by atoms with Crippen LogP contribution in [0.2, 0.25) is 0 Å². The molecule has 1 unspecified atom stereocenters. The third-order valence-corrected chi connectivity index (χ3v) is 6.68. The van der Waals surface area contributed by atoms with Crippen LogP contribution in [-0.2, 0) is 9.59 Å². The van der Waals surface area contributed by atoms with Crippen molar-refractivity contribution in [3.05, 3.63) is 0 Å². The summed E-state index contributed by atoms with van der Waals surface area (Å²) >= 11 is 0. The van der Waals surface area contributed by atoms with E-state index in [0.717, 1.165) is 37.0 Å². The third kappa shape index (κ3) is 3.76. The van der Waals surface area contributed by atoms with Gasteiger partial charge >= 0.3 is 11.8 Å². The van der Waals surface area contributed by atoms with Gasteiger partial charge in [0.25, 0.3) is 0 Å². The second kappa shape index (κ2) is 7.42. The van der Waals surface area contributed by atoms with Gasteiger partial charge in [-0.2, -0.15) is 0 Å². The molecule has 4 bridgehead atoms. The number of carbonyl (C=O) groups is 2. The number of hydrogen-bond acceptors (Lipinski definition) is 3. The second-order valence-electron chi connectivity index (χ2n) is 8.52. The number of amides is 2. The van der Waals surface area contributed by atoms with Crippen LogP contribution in [-0.4, -0.2) is 36.1 Å². The van der Waals surface area contributed by atoms with Crippen molar-refractivity contribution in [3.63, 3.8) is 0 Å². The minimum atomic E-state index is -0.518. The Hall–Kier alpha value is -1.10. The van der Waals surface area contributed by atoms with Gasteiger partial charge in [-0.15, -0.1) is 0 Å². The van der Waals surface area contributed by atoms with Crippen LogP contribution < -0.4 is 10.6 Å². The Kier molecular flexibility index (Phi) is 5.48. The van der Waals surface area contributed by atoms with E-state index in [0.29, 0.717) is 6.54 Å². The van der Waals surface area contributed by atoms with Crippen molar-refractivity contribution in [2.45, 2.75) is 70.8 Å². The van der Waals surface area contributed by atoms with E-state index in [4.69, 9.17) is 5.11 Å². The lowest BCUT2D eigenvalue weighted by Crippen LogP contribution is -2.57. The molecule has 4 aliphatic carbocycles. The standard InChI is InChI=1S/C19H32N2O3/c1-13(21-18(24)17(23)20-5-3-2-4-6-22)19-10-14-7-15(11-19)9-16(8-14)12-19/h13-16,22H,2-12H2,1H3,(H,20,23)(H,21,24). The van der Waals surface area contributed by atoms with Gasteiger partial charge in [0.1, 0.15) is 0 Å². The Morgan fingerprint density at radius 3 is 2.12 bits per heavy atom. The number of unbranched alkanes of at least 4 members (excludes halogenated alkanes) is 2. The molecule has 0 aromatic heterocycles. The van der Waals surface area contributed by atoms with Gasteiger partial charge in [0.2, 0.25) is 0 Å². The van der Waals surface area contributed by atoms with Crippen LogP contribution in [0.4, 0.5) is 0 Å². The summed E-state index contributed by atoms with van der Waals surface area (Å²) in [6.07, 6.45) is 10.2. The number of nitrogens with one attached hydrogen (secondary N) is 2. The highest BCUT2D eigenvalue weighted by Gasteiger charge is 2.53. The molecule has 0 aromatic carbocycles. The monoisotopic (exact) mass is 336 g/mol. The highest BCUT2D eigenvalue weighted by molar-refractivity contribution is 6.35. The first kappa shape index (κ1) is 17.7. The minimum absolute atomic E-state index is 0.0820. The van der Waals surface area contributed by atoms with Crippen LogP contribution in [0.5, 0.6) is 0 Å². The Bertz CT molecular complexity index is 442. The maximum atomic E-state index is 12.2. The summed E-state index contributed by atoms with van der Waals surface area (Å²) in [4.78, 5) is 24.2. The van der Waals surface area contributed by atoms with E-state index < -0.39 is 11.8 Å². The maximum Gasteiger partial charge on any atom is 0.309 e. The largest absolute Gasteiger partial charge is 0.396 e. The number of aliphatic hydroxyl groups excluding tert-OH is 1.